The molecule has 2 aromatic carbocycles. The van der Waals surface area contributed by atoms with Gasteiger partial charge in [0.15, 0.2) is 0 Å². The van der Waals surface area contributed by atoms with Crippen molar-refractivity contribution in [3.63, 3.8) is 0 Å². The van der Waals surface area contributed by atoms with E-state index >= 15 is 0 Å². The topological polar surface area (TPSA) is 53.5 Å². The lowest BCUT2D eigenvalue weighted by Gasteiger charge is -2.22. The molecule has 1 unspecified atom stereocenters. The second-order valence-electron chi connectivity index (χ2n) is 6.17. The summed E-state index contributed by atoms with van der Waals surface area (Å²) in [6.07, 6.45) is 0.364. The predicted molar refractivity (Wildman–Crippen MR) is 99.8 cm³/mol. The van der Waals surface area contributed by atoms with Gasteiger partial charge in [-0.1, -0.05) is 71.9 Å². The van der Waals surface area contributed by atoms with Crippen LogP contribution in [-0.4, -0.2) is 15.8 Å². The van der Waals surface area contributed by atoms with E-state index in [9.17, 15) is 4.79 Å². The van der Waals surface area contributed by atoms with Gasteiger partial charge < -0.3 is 5.32 Å². The maximum atomic E-state index is 12.3. The third-order valence-electron chi connectivity index (χ3n) is 3.84. The van der Waals surface area contributed by atoms with Crippen molar-refractivity contribution >= 4 is 22.7 Å². The van der Waals surface area contributed by atoms with E-state index in [-0.39, 0.29) is 5.91 Å². The molecule has 5 heteroatoms. The van der Waals surface area contributed by atoms with Crippen LogP contribution in [0, 0.1) is 6.92 Å². The summed E-state index contributed by atoms with van der Waals surface area (Å²) in [6.45, 7) is 4.61. The van der Waals surface area contributed by atoms with Crippen molar-refractivity contribution in [3.05, 3.63) is 71.3 Å². The van der Waals surface area contributed by atoms with Crippen LogP contribution in [-0.2, 0) is 11.3 Å². The van der Waals surface area contributed by atoms with Crippen molar-refractivity contribution in [1.29, 1.82) is 0 Å². The summed E-state index contributed by atoms with van der Waals surface area (Å²) in [4.78, 5) is 11.8. The Hall–Kier alpha value is -2.27. The summed E-state index contributed by atoms with van der Waals surface area (Å²) < 4.78 is 0. The van der Waals surface area contributed by atoms with Gasteiger partial charge in [0.1, 0.15) is 9.91 Å². The van der Waals surface area contributed by atoms with E-state index in [1.807, 2.05) is 37.3 Å². The van der Waals surface area contributed by atoms with Crippen LogP contribution < -0.4 is 10.7 Å². The van der Waals surface area contributed by atoms with Crippen molar-refractivity contribution in [2.24, 2.45) is 5.10 Å². The molecule has 0 saturated heterocycles. The molecule has 0 bridgehead atoms. The number of benzene rings is 2. The Morgan fingerprint density at radius 1 is 1.17 bits per heavy atom. The quantitative estimate of drug-likeness (QED) is 0.878. The Morgan fingerprint density at radius 3 is 2.58 bits per heavy atom. The lowest BCUT2D eigenvalue weighted by molar-refractivity contribution is -0.121. The first-order chi connectivity index (χ1) is 11.5. The van der Waals surface area contributed by atoms with Gasteiger partial charge in [-0.3, -0.25) is 10.2 Å². The fourth-order valence-electron chi connectivity index (χ4n) is 2.49. The van der Waals surface area contributed by atoms with Gasteiger partial charge in [-0.15, -0.1) is 0 Å². The number of carbonyl (C=O) groups is 1. The van der Waals surface area contributed by atoms with Crippen LogP contribution in [0.15, 0.2) is 59.7 Å². The van der Waals surface area contributed by atoms with Crippen molar-refractivity contribution < 1.29 is 4.79 Å². The van der Waals surface area contributed by atoms with Crippen LogP contribution in [0.2, 0.25) is 0 Å². The number of nitrogens with one attached hydrogen (secondary N) is 2. The molecule has 2 aromatic rings. The van der Waals surface area contributed by atoms with Crippen LogP contribution in [0.1, 0.15) is 30.0 Å². The van der Waals surface area contributed by atoms with E-state index in [1.165, 1.54) is 5.56 Å². The first kappa shape index (κ1) is 16.6. The van der Waals surface area contributed by atoms with Crippen LogP contribution >= 0.6 is 11.8 Å². The van der Waals surface area contributed by atoms with E-state index in [4.69, 9.17) is 0 Å². The average Bonchev–Trinajstić information content (AvgIpc) is 2.96. The minimum Gasteiger partial charge on any atom is -0.352 e. The Balaban J connectivity index is 1.54. The number of hydrogen-bond acceptors (Lipinski definition) is 4. The summed E-state index contributed by atoms with van der Waals surface area (Å²) in [6, 6.07) is 18.2. The van der Waals surface area contributed by atoms with Gasteiger partial charge in [0, 0.05) is 12.1 Å². The normalized spacial score (nSPS) is 19.5. The molecule has 24 heavy (non-hydrogen) atoms. The van der Waals surface area contributed by atoms with Crippen LogP contribution in [0.3, 0.4) is 0 Å². The Bertz CT molecular complexity index is 743. The zero-order valence-electron chi connectivity index (χ0n) is 13.9. The molecule has 0 aliphatic carbocycles. The molecule has 1 aliphatic rings. The Morgan fingerprint density at radius 2 is 1.88 bits per heavy atom. The number of thioether (sulfide) groups is 1. The second kappa shape index (κ2) is 7.09. The lowest BCUT2D eigenvalue weighted by atomic mass is 10.2. The third-order valence-corrected chi connectivity index (χ3v) is 5.05. The maximum absolute atomic E-state index is 12.3. The highest BCUT2D eigenvalue weighted by Crippen LogP contribution is 2.34. The van der Waals surface area contributed by atoms with Crippen LogP contribution in [0.5, 0.6) is 0 Å². The molecule has 0 fully saturated rings. The summed E-state index contributed by atoms with van der Waals surface area (Å²) in [5.74, 6) is 0.0155. The Kier molecular flexibility index (Phi) is 4.90. The van der Waals surface area contributed by atoms with Gasteiger partial charge in [0.25, 0.3) is 0 Å². The number of nitrogens with zero attached hydrogens (tertiary/aromatic N) is 1. The number of carbonyl (C=O) groups excluding carboxylic acids is 1. The molecule has 1 heterocycles. The summed E-state index contributed by atoms with van der Waals surface area (Å²) in [7, 11) is 0. The number of amides is 1. The van der Waals surface area contributed by atoms with E-state index < -0.39 is 4.87 Å². The van der Waals surface area contributed by atoms with Crippen molar-refractivity contribution in [3.8, 4) is 0 Å². The van der Waals surface area contributed by atoms with Crippen LogP contribution in [0.25, 0.3) is 0 Å². The highest BCUT2D eigenvalue weighted by Gasteiger charge is 2.34. The van der Waals surface area contributed by atoms with E-state index in [1.54, 1.807) is 11.8 Å². The van der Waals surface area contributed by atoms with Crippen molar-refractivity contribution in [2.75, 3.05) is 0 Å². The second-order valence-corrected chi connectivity index (χ2v) is 7.66. The van der Waals surface area contributed by atoms with Gasteiger partial charge in [0.2, 0.25) is 5.91 Å². The molecule has 124 valence electrons. The molecule has 0 radical (unpaired) electrons. The summed E-state index contributed by atoms with van der Waals surface area (Å²) in [5, 5.41) is 8.30. The summed E-state index contributed by atoms with van der Waals surface area (Å²) >= 11 is 1.60. The molecule has 3 rings (SSSR count). The number of aryl methyl sites for hydroxylation is 1. The zero-order chi connectivity index (χ0) is 17.0. The number of hydrogen-bond donors (Lipinski definition) is 2. The SMILES string of the molecule is Cc1ccc(C2=NNC(C)(CC(=O)NCc3ccccc3)S2)cc1. The largest absolute Gasteiger partial charge is 0.352 e. The summed E-state index contributed by atoms with van der Waals surface area (Å²) in [5.41, 5.74) is 6.51. The monoisotopic (exact) mass is 339 g/mol. The highest BCUT2D eigenvalue weighted by atomic mass is 32.2. The zero-order valence-corrected chi connectivity index (χ0v) is 14.7. The average molecular weight is 339 g/mol. The molecular formula is C19H21N3OS. The van der Waals surface area contributed by atoms with E-state index in [0.29, 0.717) is 13.0 Å². The van der Waals surface area contributed by atoms with Crippen molar-refractivity contribution in [2.45, 2.75) is 31.7 Å². The first-order valence-corrected chi connectivity index (χ1v) is 8.77. The standard InChI is InChI=1S/C19H21N3OS/c1-14-8-10-16(11-9-14)18-21-22-19(2,24-18)12-17(23)20-13-15-6-4-3-5-7-15/h3-11,22H,12-13H2,1-2H3,(H,20,23). The van der Waals surface area contributed by atoms with Crippen LogP contribution in [0.4, 0.5) is 0 Å². The van der Waals surface area contributed by atoms with Crippen molar-refractivity contribution in [1.82, 2.24) is 10.7 Å². The highest BCUT2D eigenvalue weighted by molar-refractivity contribution is 8.15. The smallest absolute Gasteiger partial charge is 0.223 e. The Labute approximate surface area is 146 Å². The first-order valence-electron chi connectivity index (χ1n) is 7.96. The fraction of sp³-hybridized carbons (Fsp3) is 0.263. The van der Waals surface area contributed by atoms with Gasteiger partial charge >= 0.3 is 0 Å². The number of rotatable bonds is 5. The van der Waals surface area contributed by atoms with Gasteiger partial charge in [-0.25, -0.2) is 0 Å². The van der Waals surface area contributed by atoms with Gasteiger partial charge in [0.05, 0.1) is 6.42 Å². The molecule has 1 aliphatic heterocycles. The minimum absolute atomic E-state index is 0.0155. The van der Waals surface area contributed by atoms with Gasteiger partial charge in [-0.05, 0) is 19.4 Å². The third kappa shape index (κ3) is 4.17. The molecular weight excluding hydrogens is 318 g/mol. The van der Waals surface area contributed by atoms with Gasteiger partial charge in [-0.2, -0.15) is 5.10 Å². The number of hydrazone groups is 1. The minimum atomic E-state index is -0.416. The maximum Gasteiger partial charge on any atom is 0.223 e. The molecule has 1 atom stereocenters. The molecule has 1 amide bonds. The molecule has 4 nitrogen and oxygen atoms in total. The lowest BCUT2D eigenvalue weighted by Crippen LogP contribution is -2.38. The fourth-order valence-corrected chi connectivity index (χ4v) is 3.56. The predicted octanol–water partition coefficient (Wildman–Crippen LogP) is 3.42. The molecule has 2 N–H and O–H groups in total. The van der Waals surface area contributed by atoms with E-state index in [2.05, 4.69) is 47.0 Å². The molecule has 0 spiro atoms. The molecule has 0 saturated carbocycles. The molecule has 0 aromatic heterocycles. The van der Waals surface area contributed by atoms with E-state index in [0.717, 1.165) is 16.2 Å².